The van der Waals surface area contributed by atoms with Crippen LogP contribution in [0.25, 0.3) is 0 Å². The number of cyclic esters (lactones) is 1. The number of hydrogen-bond donors (Lipinski definition) is 6. The lowest BCUT2D eigenvalue weighted by Crippen LogP contribution is -2.62. The molecular weight excluding hydrogens is 1010 g/mol. The Kier molecular flexibility index (Phi) is 29.5. The first-order chi connectivity index (χ1) is 37.2. The van der Waals surface area contributed by atoms with Gasteiger partial charge in [0.15, 0.2) is 12.6 Å². The zero-order valence-corrected chi connectivity index (χ0v) is 50.7. The second-order valence-electron chi connectivity index (χ2n) is 23.4. The van der Waals surface area contributed by atoms with Crippen LogP contribution in [0.5, 0.6) is 0 Å². The summed E-state index contributed by atoms with van der Waals surface area (Å²) in [5.74, 6) is -3.73. The molecule has 17 nitrogen and oxygen atoms in total. The van der Waals surface area contributed by atoms with Crippen LogP contribution >= 0.6 is 0 Å². The largest absolute Gasteiger partial charge is 0.459 e. The molecule has 2 unspecified atom stereocenters. The van der Waals surface area contributed by atoms with Gasteiger partial charge < -0.3 is 69.1 Å². The average Bonchev–Trinajstić information content (AvgIpc) is 3.45. The van der Waals surface area contributed by atoms with E-state index >= 15 is 0 Å². The summed E-state index contributed by atoms with van der Waals surface area (Å²) in [6.07, 6.45) is 21.3. The Bertz CT molecular complexity index is 2020. The average molecular weight is 1120 g/mol. The van der Waals surface area contributed by atoms with Crippen molar-refractivity contribution in [3.8, 4) is 0 Å². The van der Waals surface area contributed by atoms with Crippen LogP contribution in [0.1, 0.15) is 160 Å². The number of amides is 2. The summed E-state index contributed by atoms with van der Waals surface area (Å²) in [6, 6.07) is -2.36. The normalized spacial score (nSPS) is 37.5. The number of rotatable bonds is 23. The van der Waals surface area contributed by atoms with E-state index in [1.54, 1.807) is 69.4 Å². The Hall–Kier alpha value is -3.59. The number of methoxy groups -OCH3 is 1. The minimum Gasteiger partial charge on any atom is -0.459 e. The quantitative estimate of drug-likeness (QED) is 0.0424. The van der Waals surface area contributed by atoms with E-state index in [0.717, 1.165) is 38.5 Å². The van der Waals surface area contributed by atoms with Gasteiger partial charge in [-0.25, -0.2) is 0 Å². The Balaban J connectivity index is 1.79. The van der Waals surface area contributed by atoms with Crippen LogP contribution < -0.4 is 5.32 Å². The van der Waals surface area contributed by atoms with Gasteiger partial charge in [0.05, 0.1) is 47.6 Å². The Morgan fingerprint density at radius 1 is 0.810 bits per heavy atom. The number of likely N-dealkylation sites (N-methyl/N-ethyl adjacent to an activating group) is 2. The van der Waals surface area contributed by atoms with Crippen molar-refractivity contribution in [2.75, 3.05) is 27.7 Å². The molecule has 0 aromatic carbocycles. The van der Waals surface area contributed by atoms with Crippen molar-refractivity contribution in [2.24, 2.45) is 17.8 Å². The summed E-state index contributed by atoms with van der Waals surface area (Å²) < 4.78 is 38.1. The van der Waals surface area contributed by atoms with Gasteiger partial charge in [-0.15, -0.1) is 0 Å². The van der Waals surface area contributed by atoms with Crippen LogP contribution in [-0.2, 0) is 42.8 Å². The lowest BCUT2D eigenvalue weighted by atomic mass is 9.77. The highest BCUT2D eigenvalue weighted by atomic mass is 16.7. The SMILES string of the molecule is CC/C=C\C/C=C\C/C=C\C/C=C\C/C=C\C/C=C\CCC(=O)N[C@@H](C)C(=O)N(C)[C@H]1C[C@@H](C)OC(O[C@@H]2[C@@H](C)[C@H](OC3C[C@@](C)(OC)[C@@H](O)[C@H](C)O3)[C@@H](C)C(=O)O[C@H](CC)[C@@](C)(O)[C@H](O)[C@@H](C)N(C)C[C@H](C)C[C@@]2(C)O)[C@@H]1O. The third-order valence-electron chi connectivity index (χ3n) is 16.3. The Morgan fingerprint density at radius 3 is 1.89 bits per heavy atom. The molecule has 79 heavy (non-hydrogen) atoms. The van der Waals surface area contributed by atoms with Crippen molar-refractivity contribution < 1.29 is 68.3 Å². The van der Waals surface area contributed by atoms with Crippen molar-refractivity contribution in [1.82, 2.24) is 15.1 Å². The van der Waals surface area contributed by atoms with Crippen molar-refractivity contribution in [2.45, 2.75) is 256 Å². The van der Waals surface area contributed by atoms with Gasteiger partial charge in [-0.3, -0.25) is 14.4 Å². The minimum absolute atomic E-state index is 0.0635. The van der Waals surface area contributed by atoms with E-state index < -0.39 is 120 Å². The molecule has 0 aliphatic carbocycles. The number of nitrogens with zero attached hydrogens (tertiary/aromatic N) is 2. The third-order valence-corrected chi connectivity index (χ3v) is 16.3. The van der Waals surface area contributed by atoms with Crippen LogP contribution in [-0.4, -0.2) is 177 Å². The molecule has 0 saturated carbocycles. The zero-order chi connectivity index (χ0) is 59.3. The summed E-state index contributed by atoms with van der Waals surface area (Å²) in [5, 5.41) is 62.5. The van der Waals surface area contributed by atoms with Gasteiger partial charge in [0.1, 0.15) is 36.1 Å². The number of aliphatic hydroxyl groups excluding tert-OH is 3. The van der Waals surface area contributed by atoms with E-state index in [1.807, 2.05) is 31.0 Å². The molecule has 3 fully saturated rings. The molecule has 19 atom stereocenters. The number of allylic oxidation sites excluding steroid dienone is 12. The maximum absolute atomic E-state index is 14.5. The molecule has 452 valence electrons. The number of carbonyl (C=O) groups excluding carboxylic acids is 3. The highest BCUT2D eigenvalue weighted by Gasteiger charge is 2.53. The van der Waals surface area contributed by atoms with Crippen molar-refractivity contribution in [3.05, 3.63) is 72.9 Å². The predicted molar refractivity (Wildman–Crippen MR) is 308 cm³/mol. The first kappa shape index (κ1) is 69.7. The van der Waals surface area contributed by atoms with E-state index in [2.05, 4.69) is 73.0 Å². The predicted octanol–water partition coefficient (Wildman–Crippen LogP) is 7.78. The monoisotopic (exact) mass is 1120 g/mol. The molecule has 3 rings (SSSR count). The van der Waals surface area contributed by atoms with Crippen LogP contribution in [0.15, 0.2) is 72.9 Å². The fraction of sp³-hybridized carbons (Fsp3) is 0.758. The van der Waals surface area contributed by atoms with Gasteiger partial charge >= 0.3 is 5.97 Å². The second kappa shape index (κ2) is 33.5. The maximum atomic E-state index is 14.5. The number of hydrogen-bond acceptors (Lipinski definition) is 15. The number of aliphatic hydroxyl groups is 5. The lowest BCUT2D eigenvalue weighted by molar-refractivity contribution is -0.317. The van der Waals surface area contributed by atoms with Crippen molar-refractivity contribution in [3.63, 3.8) is 0 Å². The number of esters is 1. The standard InChI is InChI=1S/C62H105N3O14/c1-16-18-19-20-21-22-23-24-25-26-27-28-29-30-31-32-33-34-35-36-50(66)63-45(7)57(70)65(14)48-37-42(4)75-59(52(48)67)79-56-43(5)53(78-51-39-61(11,74-15)55(69)47(9)76-51)44(6)58(71)77-49(17-2)62(12,73)54(68)46(8)64(13)40-41(3)38-60(56,10)72/h18-19,21-22,24-25,27-28,30-31,33-34,41-49,51-56,59,67-69,72-73H,16-17,20,23,26,29,32,35-40H2,1-15H3,(H,63,66)/b19-18-,22-21-,25-24-,28-27-,31-30-,34-33-/t41-,42-,43+,44-,45+,46-,47+,48+,49-,51?,52-,53+,54-,55+,56-,59?,60-,61-,62-/m1/s1. The second-order valence-corrected chi connectivity index (χ2v) is 23.4. The molecule has 0 aromatic heterocycles. The Labute approximate surface area is 474 Å². The molecule has 0 spiro atoms. The van der Waals surface area contributed by atoms with Crippen molar-refractivity contribution >= 4 is 17.8 Å². The molecule has 0 aromatic rings. The van der Waals surface area contributed by atoms with Gasteiger partial charge in [-0.2, -0.15) is 0 Å². The van der Waals surface area contributed by atoms with Crippen LogP contribution in [0, 0.1) is 17.8 Å². The summed E-state index contributed by atoms with van der Waals surface area (Å²) in [7, 11) is 4.86. The maximum Gasteiger partial charge on any atom is 0.311 e. The highest BCUT2D eigenvalue weighted by molar-refractivity contribution is 5.87. The van der Waals surface area contributed by atoms with E-state index in [0.29, 0.717) is 13.0 Å². The van der Waals surface area contributed by atoms with Gasteiger partial charge in [0, 0.05) is 45.5 Å². The van der Waals surface area contributed by atoms with E-state index in [-0.39, 0.29) is 43.9 Å². The molecular formula is C62H105N3O14. The molecule has 2 amide bonds. The highest BCUT2D eigenvalue weighted by Crippen LogP contribution is 2.40. The van der Waals surface area contributed by atoms with Crippen LogP contribution in [0.3, 0.4) is 0 Å². The number of ether oxygens (including phenoxy) is 6. The smallest absolute Gasteiger partial charge is 0.311 e. The first-order valence-electron chi connectivity index (χ1n) is 29.2. The molecule has 3 saturated heterocycles. The lowest BCUT2D eigenvalue weighted by Gasteiger charge is -2.49. The van der Waals surface area contributed by atoms with Gasteiger partial charge in [0.2, 0.25) is 11.8 Å². The molecule has 0 bridgehead atoms. The fourth-order valence-corrected chi connectivity index (χ4v) is 11.3. The third kappa shape index (κ3) is 21.0. The fourth-order valence-electron chi connectivity index (χ4n) is 11.3. The van der Waals surface area contributed by atoms with Crippen LogP contribution in [0.2, 0.25) is 0 Å². The summed E-state index contributed by atoms with van der Waals surface area (Å²) in [5.41, 5.74) is -4.68. The molecule has 0 radical (unpaired) electrons. The van der Waals surface area contributed by atoms with Crippen molar-refractivity contribution in [1.29, 1.82) is 0 Å². The van der Waals surface area contributed by atoms with Gasteiger partial charge in [0.25, 0.3) is 0 Å². The van der Waals surface area contributed by atoms with Gasteiger partial charge in [-0.1, -0.05) is 101 Å². The van der Waals surface area contributed by atoms with Gasteiger partial charge in [-0.05, 0) is 133 Å². The zero-order valence-electron chi connectivity index (χ0n) is 50.7. The molecule has 3 aliphatic heterocycles. The summed E-state index contributed by atoms with van der Waals surface area (Å²) in [4.78, 5) is 44.9. The van der Waals surface area contributed by atoms with E-state index in [1.165, 1.54) is 18.9 Å². The van der Waals surface area contributed by atoms with E-state index in [9.17, 15) is 39.9 Å². The summed E-state index contributed by atoms with van der Waals surface area (Å²) >= 11 is 0. The number of carbonyl (C=O) groups is 3. The number of nitrogens with one attached hydrogen (secondary N) is 1. The summed E-state index contributed by atoms with van der Waals surface area (Å²) in [6.45, 7) is 21.3. The topological polar surface area (TPSA) is 226 Å². The molecule has 6 N–H and O–H groups in total. The molecule has 3 aliphatic rings. The van der Waals surface area contributed by atoms with E-state index in [4.69, 9.17) is 28.4 Å². The first-order valence-corrected chi connectivity index (χ1v) is 29.2. The molecule has 17 heteroatoms. The molecule has 3 heterocycles. The van der Waals surface area contributed by atoms with Crippen LogP contribution in [0.4, 0.5) is 0 Å². The Morgan fingerprint density at radius 2 is 1.35 bits per heavy atom. The minimum atomic E-state index is -1.87.